The van der Waals surface area contributed by atoms with E-state index in [1.54, 1.807) is 7.11 Å². The van der Waals surface area contributed by atoms with Crippen molar-refractivity contribution in [3.8, 4) is 5.75 Å². The van der Waals surface area contributed by atoms with E-state index in [4.69, 9.17) is 14.2 Å². The third kappa shape index (κ3) is 2.56. The van der Waals surface area contributed by atoms with Crippen LogP contribution in [0.2, 0.25) is 0 Å². The molecule has 0 saturated carbocycles. The Morgan fingerprint density at radius 1 is 1.44 bits per heavy atom. The Bertz CT molecular complexity index is 339. The minimum absolute atomic E-state index is 0.0186. The van der Waals surface area contributed by atoms with Gasteiger partial charge in [0.1, 0.15) is 11.9 Å². The molecule has 0 amide bonds. The number of ether oxygens (including phenoxy) is 3. The number of alkyl halides is 1. The molecule has 1 unspecified atom stereocenters. The monoisotopic (exact) mass is 286 g/mol. The van der Waals surface area contributed by atoms with E-state index in [1.165, 1.54) is 0 Å². The molecule has 1 aliphatic heterocycles. The van der Waals surface area contributed by atoms with E-state index in [0.29, 0.717) is 13.2 Å². The Balaban J connectivity index is 2.11. The first kappa shape index (κ1) is 11.9. The molecule has 1 saturated heterocycles. The molecule has 16 heavy (non-hydrogen) atoms. The summed E-state index contributed by atoms with van der Waals surface area (Å²) in [4.78, 5) is 0. The maximum atomic E-state index is 5.91. The van der Waals surface area contributed by atoms with Gasteiger partial charge in [0, 0.05) is 10.9 Å². The molecule has 1 heterocycles. The molecule has 0 spiro atoms. The Labute approximate surface area is 104 Å². The second kappa shape index (κ2) is 5.66. The summed E-state index contributed by atoms with van der Waals surface area (Å²) in [6, 6.07) is 7.93. The normalized spacial score (nSPS) is 17.9. The predicted octanol–water partition coefficient (Wildman–Crippen LogP) is 2.55. The Kier molecular flexibility index (Phi) is 4.21. The highest BCUT2D eigenvalue weighted by Gasteiger charge is 2.25. The summed E-state index contributed by atoms with van der Waals surface area (Å²) >= 11 is 3.48. The fraction of sp³-hybridized carbons (Fsp3) is 0.500. The highest BCUT2D eigenvalue weighted by molar-refractivity contribution is 9.09. The zero-order valence-electron chi connectivity index (χ0n) is 9.19. The van der Waals surface area contributed by atoms with Gasteiger partial charge in [0.2, 0.25) is 0 Å². The van der Waals surface area contributed by atoms with E-state index in [9.17, 15) is 0 Å². The van der Waals surface area contributed by atoms with Gasteiger partial charge < -0.3 is 14.2 Å². The lowest BCUT2D eigenvalue weighted by molar-refractivity contribution is -0.151. The van der Waals surface area contributed by atoms with Crippen LogP contribution in [0.4, 0.5) is 0 Å². The van der Waals surface area contributed by atoms with Crippen molar-refractivity contribution in [2.24, 2.45) is 0 Å². The first-order chi connectivity index (χ1) is 7.85. The lowest BCUT2D eigenvalue weighted by Crippen LogP contribution is -2.37. The highest BCUT2D eigenvalue weighted by atomic mass is 79.9. The Morgan fingerprint density at radius 2 is 2.19 bits per heavy atom. The summed E-state index contributed by atoms with van der Waals surface area (Å²) in [5.74, 6) is 0.868. The predicted molar refractivity (Wildman–Crippen MR) is 65.2 cm³/mol. The van der Waals surface area contributed by atoms with Crippen molar-refractivity contribution < 1.29 is 14.2 Å². The topological polar surface area (TPSA) is 27.7 Å². The van der Waals surface area contributed by atoms with Crippen LogP contribution >= 0.6 is 15.9 Å². The van der Waals surface area contributed by atoms with Gasteiger partial charge in [-0.1, -0.05) is 34.1 Å². The van der Waals surface area contributed by atoms with Crippen LogP contribution in [0.1, 0.15) is 11.7 Å². The SMILES string of the molecule is COc1ccccc1C(CBr)OC1COC1. The summed E-state index contributed by atoms with van der Waals surface area (Å²) in [5.41, 5.74) is 1.08. The van der Waals surface area contributed by atoms with Gasteiger partial charge in [0.05, 0.1) is 26.4 Å². The van der Waals surface area contributed by atoms with Crippen molar-refractivity contribution in [1.82, 2.24) is 0 Å². The quantitative estimate of drug-likeness (QED) is 0.779. The summed E-state index contributed by atoms with van der Waals surface area (Å²) in [5, 5.41) is 0.754. The maximum absolute atomic E-state index is 5.91. The van der Waals surface area contributed by atoms with Crippen LogP contribution in [0.5, 0.6) is 5.75 Å². The van der Waals surface area contributed by atoms with Gasteiger partial charge in [-0.05, 0) is 6.07 Å². The van der Waals surface area contributed by atoms with E-state index in [2.05, 4.69) is 15.9 Å². The summed E-state index contributed by atoms with van der Waals surface area (Å²) in [6.45, 7) is 1.39. The molecule has 4 heteroatoms. The van der Waals surface area contributed by atoms with E-state index in [-0.39, 0.29) is 12.2 Å². The Morgan fingerprint density at radius 3 is 2.75 bits per heavy atom. The van der Waals surface area contributed by atoms with Crippen LogP contribution in [0.25, 0.3) is 0 Å². The zero-order chi connectivity index (χ0) is 11.4. The van der Waals surface area contributed by atoms with Gasteiger partial charge in [-0.3, -0.25) is 0 Å². The fourth-order valence-corrected chi connectivity index (χ4v) is 2.15. The van der Waals surface area contributed by atoms with Gasteiger partial charge in [0.15, 0.2) is 0 Å². The average molecular weight is 287 g/mol. The molecule has 0 aromatic heterocycles. The molecule has 0 aliphatic carbocycles. The second-order valence-corrected chi connectivity index (χ2v) is 4.33. The average Bonchev–Trinajstić information content (AvgIpc) is 2.28. The number of benzene rings is 1. The van der Waals surface area contributed by atoms with Gasteiger partial charge in [-0.15, -0.1) is 0 Å². The molecule has 88 valence electrons. The first-order valence-corrected chi connectivity index (χ1v) is 6.39. The number of para-hydroxylation sites is 1. The molecule has 1 fully saturated rings. The van der Waals surface area contributed by atoms with Crippen molar-refractivity contribution in [1.29, 1.82) is 0 Å². The van der Waals surface area contributed by atoms with E-state index in [0.717, 1.165) is 16.6 Å². The van der Waals surface area contributed by atoms with Crippen LogP contribution in [0, 0.1) is 0 Å². The molecule has 3 nitrogen and oxygen atoms in total. The molecule has 0 bridgehead atoms. The number of hydrogen-bond acceptors (Lipinski definition) is 3. The standard InChI is InChI=1S/C12H15BrO3/c1-14-11-5-3-2-4-10(11)12(6-13)16-9-7-15-8-9/h2-5,9,12H,6-8H2,1H3. The fourth-order valence-electron chi connectivity index (χ4n) is 1.65. The summed E-state index contributed by atoms with van der Waals surface area (Å²) in [6.07, 6.45) is 0.234. The minimum atomic E-state index is 0.0186. The molecule has 0 radical (unpaired) electrons. The minimum Gasteiger partial charge on any atom is -0.496 e. The smallest absolute Gasteiger partial charge is 0.124 e. The van der Waals surface area contributed by atoms with Crippen molar-refractivity contribution >= 4 is 15.9 Å². The lowest BCUT2D eigenvalue weighted by atomic mass is 10.1. The van der Waals surface area contributed by atoms with E-state index >= 15 is 0 Å². The second-order valence-electron chi connectivity index (χ2n) is 3.68. The van der Waals surface area contributed by atoms with Crippen LogP contribution < -0.4 is 4.74 Å². The molecule has 0 N–H and O–H groups in total. The molecule has 1 aliphatic rings. The Hall–Kier alpha value is -0.580. The van der Waals surface area contributed by atoms with Gasteiger partial charge >= 0.3 is 0 Å². The number of methoxy groups -OCH3 is 1. The molecular formula is C12H15BrO3. The van der Waals surface area contributed by atoms with Crippen molar-refractivity contribution in [2.75, 3.05) is 25.7 Å². The highest BCUT2D eigenvalue weighted by Crippen LogP contribution is 2.30. The molecular weight excluding hydrogens is 272 g/mol. The van der Waals surface area contributed by atoms with Crippen molar-refractivity contribution in [2.45, 2.75) is 12.2 Å². The molecule has 1 aromatic carbocycles. The third-order valence-electron chi connectivity index (χ3n) is 2.59. The lowest BCUT2D eigenvalue weighted by Gasteiger charge is -2.30. The zero-order valence-corrected chi connectivity index (χ0v) is 10.8. The van der Waals surface area contributed by atoms with Crippen LogP contribution in [0.15, 0.2) is 24.3 Å². The van der Waals surface area contributed by atoms with Gasteiger partial charge in [-0.25, -0.2) is 0 Å². The molecule has 1 aromatic rings. The number of halogens is 1. The van der Waals surface area contributed by atoms with Crippen molar-refractivity contribution in [3.05, 3.63) is 29.8 Å². The summed E-state index contributed by atoms with van der Waals surface area (Å²) < 4.78 is 16.3. The third-order valence-corrected chi connectivity index (χ3v) is 3.18. The van der Waals surface area contributed by atoms with Crippen LogP contribution in [0.3, 0.4) is 0 Å². The van der Waals surface area contributed by atoms with Crippen LogP contribution in [-0.4, -0.2) is 31.8 Å². The van der Waals surface area contributed by atoms with Crippen LogP contribution in [-0.2, 0) is 9.47 Å². The number of hydrogen-bond donors (Lipinski definition) is 0. The molecule has 1 atom stereocenters. The molecule has 2 rings (SSSR count). The summed E-state index contributed by atoms with van der Waals surface area (Å²) in [7, 11) is 1.68. The first-order valence-electron chi connectivity index (χ1n) is 5.27. The number of rotatable bonds is 5. The van der Waals surface area contributed by atoms with Crippen molar-refractivity contribution in [3.63, 3.8) is 0 Å². The maximum Gasteiger partial charge on any atom is 0.124 e. The van der Waals surface area contributed by atoms with E-state index in [1.807, 2.05) is 24.3 Å². The van der Waals surface area contributed by atoms with E-state index < -0.39 is 0 Å². The largest absolute Gasteiger partial charge is 0.496 e. The van der Waals surface area contributed by atoms with Gasteiger partial charge in [-0.2, -0.15) is 0 Å². The van der Waals surface area contributed by atoms with Gasteiger partial charge in [0.25, 0.3) is 0 Å².